The molecule has 4 rings (SSSR count). The Bertz CT molecular complexity index is 1010. The molecule has 3 heterocycles. The molecule has 1 aliphatic rings. The van der Waals surface area contributed by atoms with E-state index in [9.17, 15) is 9.18 Å². The van der Waals surface area contributed by atoms with E-state index in [0.717, 1.165) is 0 Å². The highest BCUT2D eigenvalue weighted by molar-refractivity contribution is 5.89. The average Bonchev–Trinajstić information content (AvgIpc) is 3.41. The molecule has 0 bridgehead atoms. The van der Waals surface area contributed by atoms with Crippen LogP contribution in [0.3, 0.4) is 0 Å². The summed E-state index contributed by atoms with van der Waals surface area (Å²) in [4.78, 5) is 13.4. The lowest BCUT2D eigenvalue weighted by atomic mass is 10.2. The number of carbonyl (C=O) groups excluding carboxylic acids is 1. The number of hydrogen-bond acceptors (Lipinski definition) is 6. The Morgan fingerprint density at radius 3 is 2.96 bits per heavy atom. The van der Waals surface area contributed by atoms with Crippen LogP contribution in [0.1, 0.15) is 5.56 Å². The van der Waals surface area contributed by atoms with Crippen molar-refractivity contribution in [1.29, 1.82) is 5.26 Å². The molecule has 0 saturated carbocycles. The van der Waals surface area contributed by atoms with Crippen molar-refractivity contribution < 1.29 is 23.2 Å². The number of hydrogen-bond donors (Lipinski definition) is 0. The van der Waals surface area contributed by atoms with Gasteiger partial charge in [0.15, 0.2) is 6.10 Å². The molecule has 1 saturated heterocycles. The Balaban J connectivity index is 1.47. The molecule has 1 aliphatic heterocycles. The molecule has 3 aromatic rings. The van der Waals surface area contributed by atoms with Gasteiger partial charge in [-0.25, -0.2) is 9.18 Å². The summed E-state index contributed by atoms with van der Waals surface area (Å²) >= 11 is 0. The maximum atomic E-state index is 14.5. The highest BCUT2D eigenvalue weighted by atomic mass is 19.1. The van der Waals surface area contributed by atoms with Crippen LogP contribution in [0.25, 0.3) is 5.69 Å². The van der Waals surface area contributed by atoms with E-state index < -0.39 is 18.0 Å². The Morgan fingerprint density at radius 1 is 1.37 bits per heavy atom. The van der Waals surface area contributed by atoms with Crippen molar-refractivity contribution in [2.24, 2.45) is 0 Å². The minimum absolute atomic E-state index is 0.107. The maximum absolute atomic E-state index is 14.5. The topological polar surface area (TPSA) is 93.5 Å². The lowest BCUT2D eigenvalue weighted by Gasteiger charge is -2.14. The zero-order valence-corrected chi connectivity index (χ0v) is 13.9. The molecule has 1 atom stereocenters. The summed E-state index contributed by atoms with van der Waals surface area (Å²) in [7, 11) is 0. The summed E-state index contributed by atoms with van der Waals surface area (Å²) in [6.45, 7) is 0.327. The largest absolute Gasteiger partial charge is 0.471 e. The number of carbonyl (C=O) groups is 1. The van der Waals surface area contributed by atoms with Crippen LogP contribution in [0.4, 0.5) is 14.9 Å². The zero-order chi connectivity index (χ0) is 18.8. The first-order chi connectivity index (χ1) is 13.1. The summed E-state index contributed by atoms with van der Waals surface area (Å²) in [5, 5.41) is 12.5. The Labute approximate surface area is 152 Å². The van der Waals surface area contributed by atoms with Gasteiger partial charge in [0.25, 0.3) is 5.88 Å². The molecular formula is C18H13FN4O4. The Hall–Kier alpha value is -3.80. The molecule has 8 nitrogen and oxygen atoms in total. The minimum atomic E-state index is -0.580. The monoisotopic (exact) mass is 368 g/mol. The molecule has 1 fully saturated rings. The molecule has 0 N–H and O–H groups in total. The van der Waals surface area contributed by atoms with Crippen LogP contribution < -0.4 is 9.64 Å². The van der Waals surface area contributed by atoms with Crippen LogP contribution in [-0.4, -0.2) is 35.1 Å². The number of benzene rings is 1. The second-order valence-corrected chi connectivity index (χ2v) is 5.82. The number of halogens is 1. The quantitative estimate of drug-likeness (QED) is 0.687. The fourth-order valence-electron chi connectivity index (χ4n) is 2.76. The summed E-state index contributed by atoms with van der Waals surface area (Å²) in [5.74, 6) is -0.231. The fraction of sp³-hybridized carbons (Fsp3) is 0.167. The number of rotatable bonds is 5. The first-order valence-corrected chi connectivity index (χ1v) is 8.03. The van der Waals surface area contributed by atoms with Crippen LogP contribution in [0, 0.1) is 17.1 Å². The van der Waals surface area contributed by atoms with Crippen LogP contribution in [0.2, 0.25) is 0 Å². The van der Waals surface area contributed by atoms with Gasteiger partial charge in [-0.15, -0.1) is 0 Å². The van der Waals surface area contributed by atoms with E-state index in [2.05, 4.69) is 9.68 Å². The SMILES string of the molecule is N#Cc1ccn(-c2ccc(N3C[C@H](COc4ccon4)OC3=O)cc2F)c1. The first kappa shape index (κ1) is 16.7. The number of nitriles is 1. The molecule has 0 aliphatic carbocycles. The Morgan fingerprint density at radius 2 is 2.26 bits per heavy atom. The fourth-order valence-corrected chi connectivity index (χ4v) is 2.76. The van der Waals surface area contributed by atoms with Gasteiger partial charge in [-0.1, -0.05) is 0 Å². The van der Waals surface area contributed by atoms with Crippen LogP contribution in [-0.2, 0) is 4.74 Å². The van der Waals surface area contributed by atoms with E-state index in [4.69, 9.17) is 14.7 Å². The third kappa shape index (κ3) is 3.32. The van der Waals surface area contributed by atoms with E-state index >= 15 is 0 Å². The normalized spacial score (nSPS) is 16.2. The molecule has 27 heavy (non-hydrogen) atoms. The smallest absolute Gasteiger partial charge is 0.414 e. The van der Waals surface area contributed by atoms with Crippen LogP contribution >= 0.6 is 0 Å². The third-order valence-corrected chi connectivity index (χ3v) is 4.05. The standard InChI is InChI=1S/C18H13FN4O4/c19-15-7-13(1-2-16(15)22-5-3-12(8-20)9-22)23-10-14(27-18(23)24)11-25-17-4-6-26-21-17/h1-7,9,14H,10-11H2/t14-/m1/s1. The van der Waals surface area contributed by atoms with E-state index in [1.807, 2.05) is 6.07 Å². The van der Waals surface area contributed by atoms with E-state index in [0.29, 0.717) is 17.1 Å². The number of aromatic nitrogens is 2. The van der Waals surface area contributed by atoms with Crippen molar-refractivity contribution in [3.05, 3.63) is 60.4 Å². The van der Waals surface area contributed by atoms with E-state index in [1.165, 1.54) is 28.0 Å². The highest BCUT2D eigenvalue weighted by Crippen LogP contribution is 2.26. The van der Waals surface area contributed by atoms with E-state index in [1.54, 1.807) is 30.5 Å². The van der Waals surface area contributed by atoms with E-state index in [-0.39, 0.29) is 18.8 Å². The maximum Gasteiger partial charge on any atom is 0.414 e. The van der Waals surface area contributed by atoms with Crippen molar-refractivity contribution in [2.45, 2.75) is 6.10 Å². The van der Waals surface area contributed by atoms with Crippen molar-refractivity contribution in [1.82, 2.24) is 9.72 Å². The molecule has 0 radical (unpaired) electrons. The summed E-state index contributed by atoms with van der Waals surface area (Å²) in [6.07, 6.45) is 3.40. The van der Waals surface area contributed by atoms with Gasteiger partial charge in [0.05, 0.1) is 23.5 Å². The predicted molar refractivity (Wildman–Crippen MR) is 90.1 cm³/mol. The minimum Gasteiger partial charge on any atom is -0.471 e. The second kappa shape index (κ2) is 6.84. The average molecular weight is 368 g/mol. The summed E-state index contributed by atoms with van der Waals surface area (Å²) < 4.78 is 31.3. The second-order valence-electron chi connectivity index (χ2n) is 5.82. The van der Waals surface area contributed by atoms with Gasteiger partial charge in [-0.2, -0.15) is 5.26 Å². The lowest BCUT2D eigenvalue weighted by Crippen LogP contribution is -2.26. The van der Waals surface area contributed by atoms with Gasteiger partial charge in [0, 0.05) is 18.5 Å². The Kier molecular flexibility index (Phi) is 4.22. The van der Waals surface area contributed by atoms with Gasteiger partial charge >= 0.3 is 6.09 Å². The van der Waals surface area contributed by atoms with Crippen molar-refractivity contribution in [2.75, 3.05) is 18.1 Å². The molecule has 9 heteroatoms. The molecule has 0 spiro atoms. The number of ether oxygens (including phenoxy) is 2. The van der Waals surface area contributed by atoms with Gasteiger partial charge < -0.3 is 18.6 Å². The molecule has 1 aromatic carbocycles. The molecule has 2 aromatic heterocycles. The molecular weight excluding hydrogens is 355 g/mol. The number of amides is 1. The molecule has 136 valence electrons. The van der Waals surface area contributed by atoms with Gasteiger partial charge in [-0.05, 0) is 29.4 Å². The van der Waals surface area contributed by atoms with Crippen LogP contribution in [0.5, 0.6) is 5.88 Å². The van der Waals surface area contributed by atoms with Crippen molar-refractivity contribution in [3.8, 4) is 17.6 Å². The first-order valence-electron chi connectivity index (χ1n) is 8.03. The number of cyclic esters (lactones) is 1. The number of nitrogens with zero attached hydrogens (tertiary/aromatic N) is 4. The van der Waals surface area contributed by atoms with Gasteiger partial charge in [-0.3, -0.25) is 4.90 Å². The van der Waals surface area contributed by atoms with Crippen LogP contribution in [0.15, 0.2) is 53.5 Å². The van der Waals surface area contributed by atoms with Gasteiger partial charge in [0.2, 0.25) is 0 Å². The van der Waals surface area contributed by atoms with Crippen molar-refractivity contribution >= 4 is 11.8 Å². The van der Waals surface area contributed by atoms with Gasteiger partial charge in [0.1, 0.15) is 24.8 Å². The van der Waals surface area contributed by atoms with Crippen molar-refractivity contribution in [3.63, 3.8) is 0 Å². The highest BCUT2D eigenvalue weighted by Gasteiger charge is 2.33. The molecule has 0 unspecified atom stereocenters. The summed E-state index contributed by atoms with van der Waals surface area (Å²) in [6, 6.07) is 9.53. The molecule has 1 amide bonds. The number of anilines is 1. The predicted octanol–water partition coefficient (Wildman–Crippen LogP) is 2.88. The third-order valence-electron chi connectivity index (χ3n) is 4.05. The summed E-state index contributed by atoms with van der Waals surface area (Å²) in [5.41, 5.74) is 1.08. The zero-order valence-electron chi connectivity index (χ0n) is 13.9. The lowest BCUT2D eigenvalue weighted by molar-refractivity contribution is 0.102.